The first-order valence-electron chi connectivity index (χ1n) is 6.92. The topological polar surface area (TPSA) is 55.4 Å². The SMILES string of the molecule is CC(NC(=O)COc1ccccc1C=O)c1ccc(F)c(F)c1. The molecule has 0 radical (unpaired) electrons. The van der Waals surface area contributed by atoms with E-state index in [-0.39, 0.29) is 6.61 Å². The fourth-order valence-electron chi connectivity index (χ4n) is 2.00. The molecule has 1 unspecified atom stereocenters. The minimum Gasteiger partial charge on any atom is -0.483 e. The van der Waals surface area contributed by atoms with E-state index in [1.165, 1.54) is 6.07 Å². The van der Waals surface area contributed by atoms with E-state index in [9.17, 15) is 18.4 Å². The summed E-state index contributed by atoms with van der Waals surface area (Å²) in [5.41, 5.74) is 0.777. The Morgan fingerprint density at radius 3 is 2.65 bits per heavy atom. The average molecular weight is 319 g/mol. The van der Waals surface area contributed by atoms with Crippen molar-refractivity contribution < 1.29 is 23.1 Å². The number of hydrogen-bond donors (Lipinski definition) is 1. The molecule has 23 heavy (non-hydrogen) atoms. The highest BCUT2D eigenvalue weighted by Crippen LogP contribution is 2.17. The van der Waals surface area contributed by atoms with Crippen LogP contribution in [0.4, 0.5) is 8.78 Å². The van der Waals surface area contributed by atoms with E-state index in [1.807, 2.05) is 0 Å². The van der Waals surface area contributed by atoms with E-state index >= 15 is 0 Å². The van der Waals surface area contributed by atoms with Crippen LogP contribution in [0.1, 0.15) is 28.9 Å². The molecule has 1 atom stereocenters. The molecule has 2 rings (SSSR count). The second-order valence-electron chi connectivity index (χ2n) is 4.91. The van der Waals surface area contributed by atoms with Crippen LogP contribution in [0, 0.1) is 11.6 Å². The van der Waals surface area contributed by atoms with Crippen LogP contribution in [0.2, 0.25) is 0 Å². The summed E-state index contributed by atoms with van der Waals surface area (Å²) in [6.07, 6.45) is 0.636. The molecule has 0 fully saturated rings. The average Bonchev–Trinajstić information content (AvgIpc) is 2.55. The van der Waals surface area contributed by atoms with E-state index in [2.05, 4.69) is 5.32 Å². The Balaban J connectivity index is 1.93. The predicted molar refractivity (Wildman–Crippen MR) is 80.2 cm³/mol. The zero-order valence-corrected chi connectivity index (χ0v) is 12.4. The van der Waals surface area contributed by atoms with Crippen molar-refractivity contribution in [2.24, 2.45) is 0 Å². The number of para-hydroxylation sites is 1. The Hall–Kier alpha value is -2.76. The molecule has 1 amide bonds. The maximum Gasteiger partial charge on any atom is 0.258 e. The highest BCUT2D eigenvalue weighted by atomic mass is 19.2. The minimum absolute atomic E-state index is 0.293. The van der Waals surface area contributed by atoms with E-state index in [0.29, 0.717) is 23.2 Å². The second-order valence-corrected chi connectivity index (χ2v) is 4.91. The van der Waals surface area contributed by atoms with Gasteiger partial charge in [-0.15, -0.1) is 0 Å². The molecule has 6 heteroatoms. The molecule has 0 aliphatic rings. The molecule has 1 N–H and O–H groups in total. The minimum atomic E-state index is -0.972. The number of amides is 1. The maximum atomic E-state index is 13.2. The van der Waals surface area contributed by atoms with Gasteiger partial charge in [0.1, 0.15) is 5.75 Å². The van der Waals surface area contributed by atoms with Crippen molar-refractivity contribution in [3.05, 3.63) is 65.2 Å². The quantitative estimate of drug-likeness (QED) is 0.833. The Morgan fingerprint density at radius 2 is 1.96 bits per heavy atom. The fourth-order valence-corrected chi connectivity index (χ4v) is 2.00. The van der Waals surface area contributed by atoms with E-state index in [0.717, 1.165) is 12.1 Å². The zero-order chi connectivity index (χ0) is 16.8. The molecule has 0 saturated heterocycles. The Kier molecular flexibility index (Phi) is 5.41. The van der Waals surface area contributed by atoms with Gasteiger partial charge < -0.3 is 10.1 Å². The van der Waals surface area contributed by atoms with Crippen molar-refractivity contribution in [1.82, 2.24) is 5.32 Å². The highest BCUT2D eigenvalue weighted by molar-refractivity contribution is 5.81. The van der Waals surface area contributed by atoms with Crippen molar-refractivity contribution in [2.45, 2.75) is 13.0 Å². The van der Waals surface area contributed by atoms with Crippen molar-refractivity contribution in [3.8, 4) is 5.75 Å². The van der Waals surface area contributed by atoms with Crippen LogP contribution in [-0.4, -0.2) is 18.8 Å². The summed E-state index contributed by atoms with van der Waals surface area (Å²) in [4.78, 5) is 22.7. The third kappa shape index (κ3) is 4.35. The van der Waals surface area contributed by atoms with E-state index < -0.39 is 23.6 Å². The van der Waals surface area contributed by atoms with E-state index in [1.54, 1.807) is 31.2 Å². The number of carbonyl (C=O) groups excluding carboxylic acids is 2. The van der Waals surface area contributed by atoms with Crippen LogP contribution in [0.5, 0.6) is 5.75 Å². The molecule has 2 aromatic carbocycles. The number of halogens is 2. The number of aldehydes is 1. The third-order valence-corrected chi connectivity index (χ3v) is 3.23. The smallest absolute Gasteiger partial charge is 0.258 e. The van der Waals surface area contributed by atoms with Gasteiger partial charge in [0.05, 0.1) is 11.6 Å². The van der Waals surface area contributed by atoms with Gasteiger partial charge in [-0.25, -0.2) is 8.78 Å². The van der Waals surface area contributed by atoms with Crippen molar-refractivity contribution >= 4 is 12.2 Å². The molecule has 0 saturated carbocycles. The summed E-state index contributed by atoms with van der Waals surface area (Å²) in [6, 6.07) is 9.44. The standard InChI is InChI=1S/C17H15F2NO3/c1-11(12-6-7-14(18)15(19)8-12)20-17(22)10-23-16-5-3-2-4-13(16)9-21/h2-9,11H,10H2,1H3,(H,20,22). The second kappa shape index (κ2) is 7.49. The van der Waals surface area contributed by atoms with Gasteiger partial charge in [-0.3, -0.25) is 9.59 Å². The van der Waals surface area contributed by atoms with Crippen LogP contribution in [0.15, 0.2) is 42.5 Å². The molecule has 0 aliphatic carbocycles. The lowest BCUT2D eigenvalue weighted by molar-refractivity contribution is -0.123. The van der Waals surface area contributed by atoms with Gasteiger partial charge in [0.15, 0.2) is 24.5 Å². The lowest BCUT2D eigenvalue weighted by atomic mass is 10.1. The molecule has 4 nitrogen and oxygen atoms in total. The van der Waals surface area contributed by atoms with Crippen LogP contribution in [-0.2, 0) is 4.79 Å². The summed E-state index contributed by atoms with van der Waals surface area (Å²) in [5, 5.41) is 2.61. The van der Waals surface area contributed by atoms with Gasteiger partial charge in [0.2, 0.25) is 0 Å². The van der Waals surface area contributed by atoms with Crippen LogP contribution < -0.4 is 10.1 Å². The number of hydrogen-bond acceptors (Lipinski definition) is 3. The zero-order valence-electron chi connectivity index (χ0n) is 12.4. The van der Waals surface area contributed by atoms with Crippen molar-refractivity contribution in [1.29, 1.82) is 0 Å². The number of nitrogens with one attached hydrogen (secondary N) is 1. The van der Waals surface area contributed by atoms with Gasteiger partial charge in [-0.1, -0.05) is 18.2 Å². The molecule has 0 heterocycles. The molecule has 0 bridgehead atoms. The number of benzene rings is 2. The monoisotopic (exact) mass is 319 g/mol. The Bertz CT molecular complexity index is 719. The summed E-state index contributed by atoms with van der Waals surface area (Å²) in [5.74, 6) is -2.05. The normalized spacial score (nSPS) is 11.6. The molecular formula is C17H15F2NO3. The Morgan fingerprint density at radius 1 is 1.22 bits per heavy atom. The van der Waals surface area contributed by atoms with Gasteiger partial charge >= 0.3 is 0 Å². The largest absolute Gasteiger partial charge is 0.483 e. The lowest BCUT2D eigenvalue weighted by Gasteiger charge is -2.15. The van der Waals surface area contributed by atoms with Gasteiger partial charge in [-0.05, 0) is 36.8 Å². The summed E-state index contributed by atoms with van der Waals surface area (Å²) in [7, 11) is 0. The summed E-state index contributed by atoms with van der Waals surface area (Å²) in [6.45, 7) is 1.35. The fraction of sp³-hybridized carbons (Fsp3) is 0.176. The maximum absolute atomic E-state index is 13.2. The van der Waals surface area contributed by atoms with Crippen molar-refractivity contribution in [2.75, 3.05) is 6.61 Å². The molecule has 2 aromatic rings. The molecule has 0 aliphatic heterocycles. The third-order valence-electron chi connectivity index (χ3n) is 3.23. The predicted octanol–water partition coefficient (Wildman–Crippen LogP) is 3.03. The first-order chi connectivity index (χ1) is 11.0. The first kappa shape index (κ1) is 16.6. The van der Waals surface area contributed by atoms with Crippen molar-refractivity contribution in [3.63, 3.8) is 0 Å². The van der Waals surface area contributed by atoms with Gasteiger partial charge in [0.25, 0.3) is 5.91 Å². The van der Waals surface area contributed by atoms with Crippen LogP contribution >= 0.6 is 0 Å². The molecule has 0 aromatic heterocycles. The number of rotatable bonds is 6. The Labute approximate surface area is 132 Å². The van der Waals surface area contributed by atoms with Crippen LogP contribution in [0.25, 0.3) is 0 Å². The summed E-state index contributed by atoms with van der Waals surface area (Å²) >= 11 is 0. The number of ether oxygens (including phenoxy) is 1. The molecule has 120 valence electrons. The molecular weight excluding hydrogens is 304 g/mol. The lowest BCUT2D eigenvalue weighted by Crippen LogP contribution is -2.31. The first-order valence-corrected chi connectivity index (χ1v) is 6.92. The van der Waals surface area contributed by atoms with Crippen LogP contribution in [0.3, 0.4) is 0 Å². The highest BCUT2D eigenvalue weighted by Gasteiger charge is 2.13. The van der Waals surface area contributed by atoms with Gasteiger partial charge in [-0.2, -0.15) is 0 Å². The van der Waals surface area contributed by atoms with Gasteiger partial charge in [0, 0.05) is 0 Å². The number of carbonyl (C=O) groups is 2. The van der Waals surface area contributed by atoms with E-state index in [4.69, 9.17) is 4.74 Å². The summed E-state index contributed by atoms with van der Waals surface area (Å²) < 4.78 is 31.4. The molecule has 0 spiro atoms.